The number of nitrogen functional groups attached to an aromatic ring is 1. The van der Waals surface area contributed by atoms with Gasteiger partial charge in [-0.25, -0.2) is 9.97 Å². The van der Waals surface area contributed by atoms with Crippen molar-refractivity contribution in [2.75, 3.05) is 30.4 Å². The molecule has 0 aromatic carbocycles. The van der Waals surface area contributed by atoms with Gasteiger partial charge in [-0.15, -0.1) is 0 Å². The molecule has 5 nitrogen and oxygen atoms in total. The van der Waals surface area contributed by atoms with Gasteiger partial charge in [0.25, 0.3) is 0 Å². The Balaban J connectivity index is 1.82. The lowest BCUT2D eigenvalue weighted by molar-refractivity contribution is 0.257. The highest BCUT2D eigenvalue weighted by Gasteiger charge is 2.19. The number of unbranched alkanes of at least 4 members (excludes halogenated alkanes) is 1. The van der Waals surface area contributed by atoms with Gasteiger partial charge in [0.15, 0.2) is 0 Å². The van der Waals surface area contributed by atoms with Crippen molar-refractivity contribution < 1.29 is 5.11 Å². The number of hydrogen-bond donors (Lipinski definition) is 3. The van der Waals surface area contributed by atoms with E-state index in [2.05, 4.69) is 28.3 Å². The molecule has 0 saturated carbocycles. The van der Waals surface area contributed by atoms with Crippen molar-refractivity contribution >= 4 is 23.2 Å². The van der Waals surface area contributed by atoms with Crippen molar-refractivity contribution in [3.63, 3.8) is 0 Å². The summed E-state index contributed by atoms with van der Waals surface area (Å²) in [6.45, 7) is 3.06. The van der Waals surface area contributed by atoms with Crippen LogP contribution in [0.4, 0.5) is 5.82 Å². The van der Waals surface area contributed by atoms with Crippen LogP contribution >= 0.6 is 11.8 Å². The molecule has 0 amide bonds. The normalized spacial score (nSPS) is 14.9. The zero-order valence-electron chi connectivity index (χ0n) is 12.5. The fourth-order valence-corrected chi connectivity index (χ4v) is 3.45. The Bertz CT molecular complexity index is 493. The molecule has 2 rings (SSSR count). The summed E-state index contributed by atoms with van der Waals surface area (Å²) < 4.78 is 0. The van der Waals surface area contributed by atoms with E-state index in [-0.39, 0.29) is 12.6 Å². The number of nitrogens with zero attached hydrogens (tertiary/aromatic N) is 2. The van der Waals surface area contributed by atoms with Gasteiger partial charge in [-0.1, -0.05) is 19.4 Å². The Morgan fingerprint density at radius 1 is 1.48 bits per heavy atom. The van der Waals surface area contributed by atoms with E-state index in [0.29, 0.717) is 12.4 Å². The van der Waals surface area contributed by atoms with Crippen molar-refractivity contribution in [1.29, 1.82) is 0 Å². The third-order valence-electron chi connectivity index (χ3n) is 3.60. The first-order valence-corrected chi connectivity index (χ1v) is 8.62. The monoisotopic (exact) mass is 308 g/mol. The summed E-state index contributed by atoms with van der Waals surface area (Å²) in [7, 11) is 0. The van der Waals surface area contributed by atoms with Gasteiger partial charge in [0.2, 0.25) is 0 Å². The number of hydrogen-bond acceptors (Lipinski definition) is 6. The fourth-order valence-electron chi connectivity index (χ4n) is 2.28. The first-order chi connectivity index (χ1) is 10.3. The van der Waals surface area contributed by atoms with Gasteiger partial charge < -0.3 is 16.2 Å². The highest BCUT2D eigenvalue weighted by molar-refractivity contribution is 7.99. The average molecular weight is 308 g/mol. The predicted octanol–water partition coefficient (Wildman–Crippen LogP) is 1.48. The third-order valence-corrected chi connectivity index (χ3v) is 4.81. The highest BCUT2D eigenvalue weighted by Crippen LogP contribution is 2.27. The number of rotatable bonds is 9. The van der Waals surface area contributed by atoms with Crippen molar-refractivity contribution in [1.82, 2.24) is 15.3 Å². The molecule has 1 aromatic rings. The number of aliphatic hydroxyl groups excluding tert-OH is 1. The molecule has 1 atom stereocenters. The number of aliphatic hydroxyl groups is 1. The van der Waals surface area contributed by atoms with Crippen molar-refractivity contribution in [3.05, 3.63) is 23.7 Å². The molecule has 1 aromatic heterocycles. The summed E-state index contributed by atoms with van der Waals surface area (Å²) in [5.41, 5.74) is 8.98. The molecule has 0 unspecified atom stereocenters. The second kappa shape index (κ2) is 8.36. The maximum absolute atomic E-state index is 9.45. The number of nitrogens with two attached hydrogens (primary N) is 1. The number of anilines is 1. The van der Waals surface area contributed by atoms with Crippen LogP contribution in [-0.4, -0.2) is 45.8 Å². The Kier molecular flexibility index (Phi) is 6.48. The van der Waals surface area contributed by atoms with Crippen LogP contribution in [0.3, 0.4) is 0 Å². The van der Waals surface area contributed by atoms with E-state index in [4.69, 9.17) is 5.73 Å². The zero-order chi connectivity index (χ0) is 15.1. The Morgan fingerprint density at radius 3 is 3.10 bits per heavy atom. The molecule has 1 heterocycles. The fraction of sp³-hybridized carbons (Fsp3) is 0.600. The first kappa shape index (κ1) is 16.3. The molecule has 0 saturated heterocycles. The van der Waals surface area contributed by atoms with E-state index in [9.17, 15) is 5.11 Å². The SMILES string of the molecule is CCCCSC[C@@H](CO)NCC1=CCc2c(N)ncnc21. The van der Waals surface area contributed by atoms with Crippen LogP contribution in [-0.2, 0) is 6.42 Å². The van der Waals surface area contributed by atoms with E-state index in [1.807, 2.05) is 11.8 Å². The average Bonchev–Trinajstić information content (AvgIpc) is 2.91. The minimum absolute atomic E-state index is 0.121. The Labute approximate surface area is 130 Å². The molecular weight excluding hydrogens is 284 g/mol. The summed E-state index contributed by atoms with van der Waals surface area (Å²) in [5.74, 6) is 2.66. The van der Waals surface area contributed by atoms with Crippen LogP contribution in [0.5, 0.6) is 0 Å². The van der Waals surface area contributed by atoms with Crippen LogP contribution in [0.2, 0.25) is 0 Å². The van der Waals surface area contributed by atoms with Gasteiger partial charge in [-0.3, -0.25) is 0 Å². The van der Waals surface area contributed by atoms with Crippen LogP contribution in [0.1, 0.15) is 31.0 Å². The molecule has 1 aliphatic carbocycles. The number of fused-ring (bicyclic) bond motifs is 1. The van der Waals surface area contributed by atoms with E-state index < -0.39 is 0 Å². The highest BCUT2D eigenvalue weighted by atomic mass is 32.2. The molecule has 4 N–H and O–H groups in total. The molecule has 1 aliphatic rings. The standard InChI is InChI=1S/C15H24N4OS/c1-2-3-6-21-9-12(8-20)17-7-11-4-5-13-14(11)18-10-19-15(13)16/h4,10,12,17,20H,2-3,5-9H2,1H3,(H2,16,18,19)/t12-/m1/s1. The van der Waals surface area contributed by atoms with Crippen molar-refractivity contribution in [2.24, 2.45) is 0 Å². The minimum atomic E-state index is 0.121. The summed E-state index contributed by atoms with van der Waals surface area (Å²) in [4.78, 5) is 8.35. The summed E-state index contributed by atoms with van der Waals surface area (Å²) in [5, 5.41) is 12.9. The number of allylic oxidation sites excluding steroid dienone is 1. The van der Waals surface area contributed by atoms with Gasteiger partial charge in [-0.05, 0) is 24.2 Å². The van der Waals surface area contributed by atoms with Gasteiger partial charge in [0.1, 0.15) is 12.1 Å². The first-order valence-electron chi connectivity index (χ1n) is 7.47. The largest absolute Gasteiger partial charge is 0.395 e. The molecule has 0 bridgehead atoms. The molecule has 6 heteroatoms. The molecule has 0 spiro atoms. The van der Waals surface area contributed by atoms with Gasteiger partial charge in [0.05, 0.1) is 12.3 Å². The number of nitrogens with one attached hydrogen (secondary N) is 1. The molecular formula is C15H24N4OS. The Hall–Kier alpha value is -1.11. The molecule has 0 aliphatic heterocycles. The quantitative estimate of drug-likeness (QED) is 0.599. The summed E-state index contributed by atoms with van der Waals surface area (Å²) in [6, 6.07) is 0.121. The van der Waals surface area contributed by atoms with Gasteiger partial charge in [0, 0.05) is 23.9 Å². The van der Waals surface area contributed by atoms with E-state index >= 15 is 0 Å². The van der Waals surface area contributed by atoms with Crippen molar-refractivity contribution in [3.8, 4) is 0 Å². The Morgan fingerprint density at radius 2 is 2.33 bits per heavy atom. The van der Waals surface area contributed by atoms with Crippen LogP contribution in [0.15, 0.2) is 12.4 Å². The summed E-state index contributed by atoms with van der Waals surface area (Å²) in [6.07, 6.45) is 6.90. The van der Waals surface area contributed by atoms with Crippen LogP contribution in [0, 0.1) is 0 Å². The van der Waals surface area contributed by atoms with Gasteiger partial charge >= 0.3 is 0 Å². The minimum Gasteiger partial charge on any atom is -0.395 e. The van der Waals surface area contributed by atoms with E-state index in [1.54, 1.807) is 0 Å². The van der Waals surface area contributed by atoms with E-state index in [1.165, 1.54) is 19.2 Å². The third kappa shape index (κ3) is 4.43. The lowest BCUT2D eigenvalue weighted by atomic mass is 10.2. The zero-order valence-corrected chi connectivity index (χ0v) is 13.3. The molecule has 0 fully saturated rings. The second-order valence-corrected chi connectivity index (χ2v) is 6.36. The number of aromatic nitrogens is 2. The van der Waals surface area contributed by atoms with Crippen molar-refractivity contribution in [2.45, 2.75) is 32.2 Å². The topological polar surface area (TPSA) is 84.1 Å². The van der Waals surface area contributed by atoms with Crippen LogP contribution in [0.25, 0.3) is 5.57 Å². The van der Waals surface area contributed by atoms with Crippen LogP contribution < -0.4 is 11.1 Å². The molecule has 116 valence electrons. The maximum atomic E-state index is 9.45. The van der Waals surface area contributed by atoms with E-state index in [0.717, 1.165) is 34.8 Å². The second-order valence-electron chi connectivity index (χ2n) is 5.21. The molecule has 21 heavy (non-hydrogen) atoms. The maximum Gasteiger partial charge on any atom is 0.130 e. The lowest BCUT2D eigenvalue weighted by Crippen LogP contribution is -2.35. The predicted molar refractivity (Wildman–Crippen MR) is 89.2 cm³/mol. The number of thioether (sulfide) groups is 1. The lowest BCUT2D eigenvalue weighted by Gasteiger charge is -2.16. The molecule has 0 radical (unpaired) electrons. The smallest absolute Gasteiger partial charge is 0.130 e. The van der Waals surface area contributed by atoms with Gasteiger partial charge in [-0.2, -0.15) is 11.8 Å². The summed E-state index contributed by atoms with van der Waals surface area (Å²) >= 11 is 1.89.